The Hall–Kier alpha value is -2.67. The summed E-state index contributed by atoms with van der Waals surface area (Å²) >= 11 is 0. The number of carbonyl (C=O) groups is 3. The number of benzene rings is 1. The van der Waals surface area contributed by atoms with E-state index in [0.717, 1.165) is 11.0 Å². The molecule has 7 heteroatoms. The number of nitrogens with zero attached hydrogens (tertiary/aromatic N) is 1. The highest BCUT2D eigenvalue weighted by atomic mass is 16.5. The monoisotopic (exact) mass is 304 g/mol. The summed E-state index contributed by atoms with van der Waals surface area (Å²) in [5.74, 6) is -1.23. The van der Waals surface area contributed by atoms with Crippen molar-refractivity contribution in [3.05, 3.63) is 47.2 Å². The Morgan fingerprint density at radius 1 is 1.23 bits per heavy atom. The maximum atomic E-state index is 12.1. The van der Waals surface area contributed by atoms with Gasteiger partial charge in [-0.15, -0.1) is 0 Å². The van der Waals surface area contributed by atoms with Crippen LogP contribution < -0.4 is 5.73 Å². The molecule has 0 atom stereocenters. The Bertz CT molecular complexity index is 604. The Kier molecular flexibility index (Phi) is 4.90. The van der Waals surface area contributed by atoms with Gasteiger partial charge < -0.3 is 15.2 Å². The lowest BCUT2D eigenvalue weighted by Crippen LogP contribution is -2.33. The molecule has 0 saturated carbocycles. The van der Waals surface area contributed by atoms with Crippen molar-refractivity contribution in [3.8, 4) is 0 Å². The van der Waals surface area contributed by atoms with Gasteiger partial charge in [0.15, 0.2) is 0 Å². The topological polar surface area (TPSA) is 98.9 Å². The third-order valence-electron chi connectivity index (χ3n) is 3.11. The number of nitrogens with two attached hydrogens (primary N) is 1. The summed E-state index contributed by atoms with van der Waals surface area (Å²) in [5, 5.41) is 0. The first-order valence-corrected chi connectivity index (χ1v) is 6.61. The highest BCUT2D eigenvalue weighted by Gasteiger charge is 2.34. The van der Waals surface area contributed by atoms with Gasteiger partial charge in [0.25, 0.3) is 11.8 Å². The second-order valence-electron chi connectivity index (χ2n) is 4.60. The van der Waals surface area contributed by atoms with Gasteiger partial charge in [-0.2, -0.15) is 0 Å². The lowest BCUT2D eigenvalue weighted by Gasteiger charge is -2.13. The van der Waals surface area contributed by atoms with Crippen molar-refractivity contribution in [2.75, 3.05) is 26.9 Å². The quantitative estimate of drug-likeness (QED) is 0.351. The van der Waals surface area contributed by atoms with Crippen molar-refractivity contribution in [1.82, 2.24) is 4.90 Å². The van der Waals surface area contributed by atoms with E-state index in [-0.39, 0.29) is 37.3 Å². The average molecular weight is 304 g/mol. The molecule has 22 heavy (non-hydrogen) atoms. The molecule has 0 spiro atoms. The molecule has 2 N–H and O–H groups in total. The van der Waals surface area contributed by atoms with Gasteiger partial charge in [-0.3, -0.25) is 14.5 Å². The second-order valence-corrected chi connectivity index (χ2v) is 4.60. The zero-order valence-corrected chi connectivity index (χ0v) is 12.1. The smallest absolute Gasteiger partial charge is 0.332 e. The lowest BCUT2D eigenvalue weighted by molar-refractivity contribution is -0.134. The van der Waals surface area contributed by atoms with Gasteiger partial charge in [0.05, 0.1) is 38.0 Å². The number of amides is 2. The normalized spacial score (nSPS) is 14.2. The van der Waals surface area contributed by atoms with Crippen molar-refractivity contribution in [2.45, 2.75) is 0 Å². The minimum atomic E-state index is -0.568. The molecule has 1 aromatic rings. The highest BCUT2D eigenvalue weighted by Crippen LogP contribution is 2.21. The molecule has 1 aromatic carbocycles. The molecule has 1 heterocycles. The van der Waals surface area contributed by atoms with Crippen LogP contribution in [0.4, 0.5) is 0 Å². The van der Waals surface area contributed by atoms with Crippen LogP contribution in [0.15, 0.2) is 36.0 Å². The summed E-state index contributed by atoms with van der Waals surface area (Å²) in [5.41, 5.74) is 6.56. The fraction of sp³-hybridized carbons (Fsp3) is 0.267. The van der Waals surface area contributed by atoms with E-state index in [9.17, 15) is 14.4 Å². The van der Waals surface area contributed by atoms with Crippen LogP contribution >= 0.6 is 0 Å². The highest BCUT2D eigenvalue weighted by molar-refractivity contribution is 6.21. The Morgan fingerprint density at radius 2 is 1.82 bits per heavy atom. The molecule has 0 aromatic heterocycles. The fourth-order valence-electron chi connectivity index (χ4n) is 2.04. The van der Waals surface area contributed by atoms with Crippen molar-refractivity contribution in [1.29, 1.82) is 0 Å². The molecule has 2 rings (SSSR count). The number of rotatable bonds is 6. The molecule has 116 valence electrons. The lowest BCUT2D eigenvalue weighted by atomic mass is 10.1. The van der Waals surface area contributed by atoms with Crippen molar-refractivity contribution in [3.63, 3.8) is 0 Å². The summed E-state index contributed by atoms with van der Waals surface area (Å²) in [6, 6.07) is 6.66. The van der Waals surface area contributed by atoms with Crippen LogP contribution in [0.3, 0.4) is 0 Å². The number of imide groups is 1. The van der Waals surface area contributed by atoms with Gasteiger partial charge in [0, 0.05) is 11.8 Å². The third-order valence-corrected chi connectivity index (χ3v) is 3.11. The molecule has 0 saturated heterocycles. The van der Waals surface area contributed by atoms with Crippen LogP contribution in [-0.4, -0.2) is 49.6 Å². The molecule has 2 amide bonds. The number of hydrogen-bond acceptors (Lipinski definition) is 6. The standard InChI is InChI=1S/C15H16N2O5/c1-21-13(18)8-10(16)9-22-7-6-17-14(19)11-4-2-3-5-12(11)15(17)20/h2-5,8H,6-7,9,16H2,1H3/b10-8-. The first kappa shape index (κ1) is 15.7. The SMILES string of the molecule is COC(=O)/C=C(\N)COCCN1C(=O)c2ccccc2C1=O. The largest absolute Gasteiger partial charge is 0.466 e. The van der Waals surface area contributed by atoms with E-state index in [4.69, 9.17) is 10.5 Å². The maximum Gasteiger partial charge on any atom is 0.332 e. The van der Waals surface area contributed by atoms with Crippen LogP contribution in [0, 0.1) is 0 Å². The molecule has 1 aliphatic rings. The molecular weight excluding hydrogens is 288 g/mol. The van der Waals surface area contributed by atoms with E-state index >= 15 is 0 Å². The molecular formula is C15H16N2O5. The molecule has 0 fully saturated rings. The van der Waals surface area contributed by atoms with Crippen molar-refractivity contribution < 1.29 is 23.9 Å². The molecule has 0 radical (unpaired) electrons. The van der Waals surface area contributed by atoms with Crippen LogP contribution in [-0.2, 0) is 14.3 Å². The summed E-state index contributed by atoms with van der Waals surface area (Å²) in [7, 11) is 1.25. The van der Waals surface area contributed by atoms with E-state index in [2.05, 4.69) is 4.74 Å². The van der Waals surface area contributed by atoms with Crippen LogP contribution in [0.25, 0.3) is 0 Å². The Labute approximate surface area is 127 Å². The van der Waals surface area contributed by atoms with Crippen LogP contribution in [0.2, 0.25) is 0 Å². The van der Waals surface area contributed by atoms with Gasteiger partial charge in [-0.25, -0.2) is 4.79 Å². The zero-order chi connectivity index (χ0) is 16.1. The van der Waals surface area contributed by atoms with Gasteiger partial charge in [0.2, 0.25) is 0 Å². The summed E-state index contributed by atoms with van der Waals surface area (Å²) in [6.07, 6.45) is 1.11. The number of methoxy groups -OCH3 is 1. The van der Waals surface area contributed by atoms with Crippen LogP contribution in [0.1, 0.15) is 20.7 Å². The second kappa shape index (κ2) is 6.86. The van der Waals surface area contributed by atoms with Gasteiger partial charge in [-0.1, -0.05) is 12.1 Å². The van der Waals surface area contributed by atoms with Gasteiger partial charge in [-0.05, 0) is 12.1 Å². The first-order chi connectivity index (χ1) is 10.5. The average Bonchev–Trinajstić information content (AvgIpc) is 2.76. The predicted molar refractivity (Wildman–Crippen MR) is 76.9 cm³/mol. The molecule has 1 aliphatic heterocycles. The van der Waals surface area contributed by atoms with E-state index in [1.807, 2.05) is 0 Å². The minimum absolute atomic E-state index is 0.0122. The van der Waals surface area contributed by atoms with E-state index in [1.54, 1.807) is 24.3 Å². The van der Waals surface area contributed by atoms with Crippen molar-refractivity contribution in [2.24, 2.45) is 5.73 Å². The van der Waals surface area contributed by atoms with E-state index in [0.29, 0.717) is 11.1 Å². The Morgan fingerprint density at radius 3 is 2.36 bits per heavy atom. The molecule has 0 aliphatic carbocycles. The van der Waals surface area contributed by atoms with Crippen molar-refractivity contribution >= 4 is 17.8 Å². The molecule has 0 bridgehead atoms. The van der Waals surface area contributed by atoms with E-state index in [1.165, 1.54) is 7.11 Å². The summed E-state index contributed by atoms with van der Waals surface area (Å²) in [6.45, 7) is 0.261. The number of carbonyl (C=O) groups excluding carboxylic acids is 3. The van der Waals surface area contributed by atoms with E-state index < -0.39 is 5.97 Å². The first-order valence-electron chi connectivity index (χ1n) is 6.61. The number of esters is 1. The molecule has 7 nitrogen and oxygen atoms in total. The summed E-state index contributed by atoms with van der Waals surface area (Å²) < 4.78 is 9.68. The number of fused-ring (bicyclic) bond motifs is 1. The number of hydrogen-bond donors (Lipinski definition) is 1. The minimum Gasteiger partial charge on any atom is -0.466 e. The van der Waals surface area contributed by atoms with Crippen LogP contribution in [0.5, 0.6) is 0 Å². The maximum absolute atomic E-state index is 12.1. The fourth-order valence-corrected chi connectivity index (χ4v) is 2.04. The predicted octanol–water partition coefficient (Wildman–Crippen LogP) is 0.315. The zero-order valence-electron chi connectivity index (χ0n) is 12.1. The number of ether oxygens (including phenoxy) is 2. The van der Waals surface area contributed by atoms with Gasteiger partial charge >= 0.3 is 5.97 Å². The molecule has 0 unspecified atom stereocenters. The van der Waals surface area contributed by atoms with Gasteiger partial charge in [0.1, 0.15) is 0 Å². The summed E-state index contributed by atoms with van der Waals surface area (Å²) in [4.78, 5) is 36.2. The Balaban J connectivity index is 1.84. The third kappa shape index (κ3) is 3.32.